The summed E-state index contributed by atoms with van der Waals surface area (Å²) in [5.74, 6) is -0.0239. The third-order valence-electron chi connectivity index (χ3n) is 5.01. The predicted molar refractivity (Wildman–Crippen MR) is 115 cm³/mol. The molecule has 0 saturated heterocycles. The van der Waals surface area contributed by atoms with Crippen molar-refractivity contribution in [1.82, 2.24) is 15.2 Å². The molecule has 1 aromatic heterocycles. The van der Waals surface area contributed by atoms with E-state index in [9.17, 15) is 18.0 Å². The van der Waals surface area contributed by atoms with E-state index in [4.69, 9.17) is 4.42 Å². The molecule has 170 valence electrons. The summed E-state index contributed by atoms with van der Waals surface area (Å²) in [5.41, 5.74) is 1.00. The Morgan fingerprint density at radius 3 is 2.44 bits per heavy atom. The van der Waals surface area contributed by atoms with Crippen molar-refractivity contribution in [2.45, 2.75) is 52.1 Å². The number of hydrogen-bond acceptors (Lipinski definition) is 4. The van der Waals surface area contributed by atoms with Crippen LogP contribution in [0.1, 0.15) is 59.9 Å². The summed E-state index contributed by atoms with van der Waals surface area (Å²) >= 11 is 0. The van der Waals surface area contributed by atoms with Crippen LogP contribution >= 0.6 is 0 Å². The van der Waals surface area contributed by atoms with Crippen LogP contribution in [0.15, 0.2) is 65.3 Å². The molecule has 3 aromatic rings. The zero-order valence-corrected chi connectivity index (χ0v) is 18.2. The minimum atomic E-state index is -4.41. The van der Waals surface area contributed by atoms with Crippen molar-refractivity contribution in [2.75, 3.05) is 0 Å². The number of oxazole rings is 1. The molecular formula is C24H26F3N3O2. The average molecular weight is 445 g/mol. The third-order valence-corrected chi connectivity index (χ3v) is 5.01. The van der Waals surface area contributed by atoms with Gasteiger partial charge in [0.15, 0.2) is 5.69 Å². The Morgan fingerprint density at radius 2 is 1.78 bits per heavy atom. The molecule has 0 bridgehead atoms. The molecule has 0 fully saturated rings. The number of benzene rings is 2. The van der Waals surface area contributed by atoms with Crippen LogP contribution in [0.3, 0.4) is 0 Å². The first-order valence-electron chi connectivity index (χ1n) is 10.3. The van der Waals surface area contributed by atoms with Crippen LogP contribution in [0, 0.1) is 0 Å². The number of hydrogen-bond donors (Lipinski definition) is 1. The second-order valence-electron chi connectivity index (χ2n) is 7.94. The topological polar surface area (TPSA) is 58.4 Å². The molecule has 0 saturated carbocycles. The third kappa shape index (κ3) is 6.20. The van der Waals surface area contributed by atoms with Gasteiger partial charge in [0.1, 0.15) is 6.26 Å². The van der Waals surface area contributed by atoms with E-state index in [-0.39, 0.29) is 36.8 Å². The molecule has 1 amide bonds. The van der Waals surface area contributed by atoms with Crippen molar-refractivity contribution >= 4 is 5.91 Å². The number of nitrogens with one attached hydrogen (secondary N) is 1. The molecule has 2 aromatic carbocycles. The smallest absolute Gasteiger partial charge is 0.416 e. The number of alkyl halides is 3. The van der Waals surface area contributed by atoms with E-state index in [1.54, 1.807) is 6.07 Å². The standard InChI is InChI=1S/C24H26F3N3O2/c1-16(2)28-23(31)21-15-32-22(29-21)14-30(17(3)19-9-5-4-6-10-19)13-18-8-7-11-20(12-18)24(25,26)27/h4-12,15-17H,13-14H2,1-3H3,(H,28,31). The Kier molecular flexibility index (Phi) is 7.35. The van der Waals surface area contributed by atoms with E-state index in [0.717, 1.165) is 17.7 Å². The maximum absolute atomic E-state index is 13.2. The van der Waals surface area contributed by atoms with Crippen molar-refractivity contribution in [3.8, 4) is 0 Å². The zero-order valence-electron chi connectivity index (χ0n) is 18.2. The van der Waals surface area contributed by atoms with Gasteiger partial charge in [-0.05, 0) is 38.0 Å². The van der Waals surface area contributed by atoms with Crippen LogP contribution in [-0.2, 0) is 19.3 Å². The van der Waals surface area contributed by atoms with Crippen molar-refractivity contribution in [3.63, 3.8) is 0 Å². The van der Waals surface area contributed by atoms with Gasteiger partial charge in [0, 0.05) is 18.6 Å². The number of carbonyl (C=O) groups is 1. The monoisotopic (exact) mass is 445 g/mol. The summed E-state index contributed by atoms with van der Waals surface area (Å²) in [5, 5.41) is 2.75. The minimum Gasteiger partial charge on any atom is -0.447 e. The maximum Gasteiger partial charge on any atom is 0.416 e. The predicted octanol–water partition coefficient (Wildman–Crippen LogP) is 5.60. The first-order chi connectivity index (χ1) is 15.1. The molecule has 1 atom stereocenters. The van der Waals surface area contributed by atoms with Gasteiger partial charge < -0.3 is 9.73 Å². The molecular weight excluding hydrogens is 419 g/mol. The largest absolute Gasteiger partial charge is 0.447 e. The Balaban J connectivity index is 1.85. The minimum absolute atomic E-state index is 0.0434. The molecule has 1 N–H and O–H groups in total. The van der Waals surface area contributed by atoms with E-state index >= 15 is 0 Å². The molecule has 0 aliphatic heterocycles. The number of nitrogens with zero attached hydrogens (tertiary/aromatic N) is 2. The van der Waals surface area contributed by atoms with Crippen molar-refractivity contribution in [1.29, 1.82) is 0 Å². The molecule has 0 radical (unpaired) electrons. The summed E-state index contributed by atoms with van der Waals surface area (Å²) in [6, 6.07) is 14.7. The van der Waals surface area contributed by atoms with Crippen LogP contribution in [0.4, 0.5) is 13.2 Å². The van der Waals surface area contributed by atoms with Crippen LogP contribution < -0.4 is 5.32 Å². The Labute approximate surface area is 185 Å². The second-order valence-corrected chi connectivity index (χ2v) is 7.94. The Morgan fingerprint density at radius 1 is 1.06 bits per heavy atom. The summed E-state index contributed by atoms with van der Waals surface area (Å²) in [4.78, 5) is 18.4. The number of carbonyl (C=O) groups excluding carboxylic acids is 1. The molecule has 0 spiro atoms. The molecule has 8 heteroatoms. The highest BCUT2D eigenvalue weighted by atomic mass is 19.4. The molecule has 32 heavy (non-hydrogen) atoms. The van der Waals surface area contributed by atoms with Gasteiger partial charge >= 0.3 is 6.18 Å². The molecule has 1 unspecified atom stereocenters. The number of halogens is 3. The fourth-order valence-corrected chi connectivity index (χ4v) is 3.35. The first-order valence-corrected chi connectivity index (χ1v) is 10.3. The summed E-state index contributed by atoms with van der Waals surface area (Å²) < 4.78 is 45.0. The van der Waals surface area contributed by atoms with Gasteiger partial charge in [0.25, 0.3) is 5.91 Å². The molecule has 3 rings (SSSR count). The van der Waals surface area contributed by atoms with Gasteiger partial charge in [-0.25, -0.2) is 4.98 Å². The summed E-state index contributed by atoms with van der Waals surface area (Å²) in [6.07, 6.45) is -3.12. The van der Waals surface area contributed by atoms with E-state index in [2.05, 4.69) is 10.3 Å². The zero-order chi connectivity index (χ0) is 23.3. The first kappa shape index (κ1) is 23.5. The SMILES string of the molecule is CC(C)NC(=O)c1coc(CN(Cc2cccc(C(F)(F)F)c2)C(C)c2ccccc2)n1. The second kappa shape index (κ2) is 9.99. The number of aromatic nitrogens is 1. The van der Waals surface area contributed by atoms with Gasteiger partial charge in [-0.3, -0.25) is 9.69 Å². The maximum atomic E-state index is 13.2. The van der Waals surface area contributed by atoms with Crippen molar-refractivity contribution in [2.24, 2.45) is 0 Å². The quantitative estimate of drug-likeness (QED) is 0.491. The highest BCUT2D eigenvalue weighted by Gasteiger charge is 2.30. The normalized spacial score (nSPS) is 12.9. The van der Waals surface area contributed by atoms with Crippen LogP contribution in [0.2, 0.25) is 0 Å². The lowest BCUT2D eigenvalue weighted by atomic mass is 10.0. The van der Waals surface area contributed by atoms with E-state index in [1.807, 2.05) is 56.0 Å². The van der Waals surface area contributed by atoms with E-state index in [0.29, 0.717) is 11.5 Å². The Hall–Kier alpha value is -3.13. The lowest BCUT2D eigenvalue weighted by Gasteiger charge is -2.28. The lowest BCUT2D eigenvalue weighted by Crippen LogP contribution is -2.30. The average Bonchev–Trinajstić information content (AvgIpc) is 3.21. The fraction of sp³-hybridized carbons (Fsp3) is 0.333. The number of rotatable bonds is 8. The highest BCUT2D eigenvalue weighted by molar-refractivity contribution is 5.92. The van der Waals surface area contributed by atoms with Gasteiger partial charge in [-0.1, -0.05) is 48.5 Å². The summed E-state index contributed by atoms with van der Waals surface area (Å²) in [6.45, 7) is 6.13. The van der Waals surface area contributed by atoms with Crippen molar-refractivity contribution in [3.05, 3.63) is 89.1 Å². The van der Waals surface area contributed by atoms with Gasteiger partial charge in [-0.15, -0.1) is 0 Å². The Bertz CT molecular complexity index is 1030. The van der Waals surface area contributed by atoms with Crippen LogP contribution in [0.25, 0.3) is 0 Å². The highest BCUT2D eigenvalue weighted by Crippen LogP contribution is 2.31. The van der Waals surface area contributed by atoms with Crippen LogP contribution in [-0.4, -0.2) is 21.8 Å². The molecule has 0 aliphatic carbocycles. The lowest BCUT2D eigenvalue weighted by molar-refractivity contribution is -0.137. The fourth-order valence-electron chi connectivity index (χ4n) is 3.35. The van der Waals surface area contributed by atoms with E-state index < -0.39 is 11.7 Å². The van der Waals surface area contributed by atoms with E-state index in [1.165, 1.54) is 12.3 Å². The molecule has 0 aliphatic rings. The van der Waals surface area contributed by atoms with Gasteiger partial charge in [-0.2, -0.15) is 13.2 Å². The van der Waals surface area contributed by atoms with Crippen LogP contribution in [0.5, 0.6) is 0 Å². The van der Waals surface area contributed by atoms with Gasteiger partial charge in [0.05, 0.1) is 12.1 Å². The van der Waals surface area contributed by atoms with Gasteiger partial charge in [0.2, 0.25) is 5.89 Å². The number of amides is 1. The molecule has 5 nitrogen and oxygen atoms in total. The van der Waals surface area contributed by atoms with Crippen molar-refractivity contribution < 1.29 is 22.4 Å². The molecule has 1 heterocycles. The summed E-state index contributed by atoms with van der Waals surface area (Å²) in [7, 11) is 0.